The average molecular weight is 378 g/mol. The van der Waals surface area contributed by atoms with Gasteiger partial charge in [0.2, 0.25) is 0 Å². The summed E-state index contributed by atoms with van der Waals surface area (Å²) in [6, 6.07) is 17.6. The van der Waals surface area contributed by atoms with Gasteiger partial charge in [0.1, 0.15) is 6.10 Å². The van der Waals surface area contributed by atoms with Gasteiger partial charge in [-0.15, -0.1) is 0 Å². The zero-order valence-corrected chi connectivity index (χ0v) is 15.9. The molecule has 5 nitrogen and oxygen atoms in total. The molecule has 0 saturated carbocycles. The predicted molar refractivity (Wildman–Crippen MR) is 106 cm³/mol. The number of nitrogens with zero attached hydrogens (tertiary/aromatic N) is 2. The highest BCUT2D eigenvalue weighted by molar-refractivity contribution is 5.70. The summed E-state index contributed by atoms with van der Waals surface area (Å²) in [4.78, 5) is 17.3. The maximum atomic E-state index is 13.3. The number of hydrogen-bond donors (Lipinski definition) is 1. The fraction of sp³-hybridized carbons (Fsp3) is 0.435. The number of amides is 1. The van der Waals surface area contributed by atoms with Crippen LogP contribution >= 0.6 is 0 Å². The highest BCUT2D eigenvalue weighted by atomic mass is 16.6. The summed E-state index contributed by atoms with van der Waals surface area (Å²) in [6.07, 6.45) is 1.15. The Hall–Kier alpha value is -2.37. The van der Waals surface area contributed by atoms with Crippen molar-refractivity contribution in [3.8, 4) is 0 Å². The molecule has 3 atom stereocenters. The fourth-order valence-electron chi connectivity index (χ4n) is 5.04. The molecule has 4 aliphatic heterocycles. The van der Waals surface area contributed by atoms with E-state index in [-0.39, 0.29) is 24.8 Å². The van der Waals surface area contributed by atoms with Crippen LogP contribution in [0, 0.1) is 5.92 Å². The minimum Gasteiger partial charge on any atom is -0.444 e. The number of carbonyl (C=O) groups is 1. The van der Waals surface area contributed by atoms with E-state index >= 15 is 0 Å². The molecule has 4 heterocycles. The summed E-state index contributed by atoms with van der Waals surface area (Å²) in [5.41, 5.74) is 2.90. The molecule has 5 heteroatoms. The molecule has 2 aromatic rings. The Morgan fingerprint density at radius 3 is 2.29 bits per heavy atom. The molecule has 0 spiro atoms. The maximum absolute atomic E-state index is 13.3. The third-order valence-electron chi connectivity index (χ3n) is 6.53. The van der Waals surface area contributed by atoms with Gasteiger partial charge in [0.25, 0.3) is 0 Å². The molecule has 4 aliphatic rings. The van der Waals surface area contributed by atoms with Crippen LogP contribution in [0.5, 0.6) is 0 Å². The van der Waals surface area contributed by atoms with E-state index in [9.17, 15) is 9.90 Å². The zero-order chi connectivity index (χ0) is 19.1. The number of hydrogen-bond acceptors (Lipinski definition) is 4. The summed E-state index contributed by atoms with van der Waals surface area (Å²) < 4.78 is 6.01. The van der Waals surface area contributed by atoms with Gasteiger partial charge in [-0.25, -0.2) is 4.79 Å². The first kappa shape index (κ1) is 17.7. The number of β-amino-alcohol motifs (C(OH)–C–C–N with tert-alkyl or cyclic N) is 1. The highest BCUT2D eigenvalue weighted by Crippen LogP contribution is 2.40. The van der Waals surface area contributed by atoms with Gasteiger partial charge >= 0.3 is 6.09 Å². The van der Waals surface area contributed by atoms with Crippen LogP contribution in [0.4, 0.5) is 4.79 Å². The van der Waals surface area contributed by atoms with Crippen molar-refractivity contribution in [3.05, 3.63) is 71.3 Å². The fourth-order valence-corrected chi connectivity index (χ4v) is 5.04. The highest BCUT2D eigenvalue weighted by Gasteiger charge is 2.41. The Bertz CT molecular complexity index is 848. The molecule has 0 radical (unpaired) electrons. The van der Waals surface area contributed by atoms with Crippen molar-refractivity contribution in [3.63, 3.8) is 0 Å². The zero-order valence-electron chi connectivity index (χ0n) is 15.9. The van der Waals surface area contributed by atoms with E-state index in [0.717, 1.165) is 49.2 Å². The third-order valence-corrected chi connectivity index (χ3v) is 6.53. The van der Waals surface area contributed by atoms with E-state index in [1.54, 1.807) is 4.90 Å². The summed E-state index contributed by atoms with van der Waals surface area (Å²) >= 11 is 0. The molecule has 28 heavy (non-hydrogen) atoms. The lowest BCUT2D eigenvalue weighted by molar-refractivity contribution is -0.0506. The van der Waals surface area contributed by atoms with E-state index in [1.807, 2.05) is 54.6 Å². The van der Waals surface area contributed by atoms with Crippen LogP contribution in [0.1, 0.15) is 41.7 Å². The molecule has 0 aromatic heterocycles. The molecule has 1 N–H and O–H groups in total. The smallest absolute Gasteiger partial charge is 0.410 e. The molecule has 0 unspecified atom stereocenters. The number of rotatable bonds is 2. The van der Waals surface area contributed by atoms with Crippen LogP contribution in [0.15, 0.2) is 54.6 Å². The molecule has 3 fully saturated rings. The summed E-state index contributed by atoms with van der Waals surface area (Å²) in [7, 11) is 0. The lowest BCUT2D eigenvalue weighted by Crippen LogP contribution is -2.53. The van der Waals surface area contributed by atoms with Crippen LogP contribution < -0.4 is 0 Å². The van der Waals surface area contributed by atoms with Crippen molar-refractivity contribution in [2.45, 2.75) is 31.1 Å². The first-order chi connectivity index (χ1) is 13.7. The Balaban J connectivity index is 1.46. The van der Waals surface area contributed by atoms with Crippen LogP contribution in [0.3, 0.4) is 0 Å². The van der Waals surface area contributed by atoms with Crippen LogP contribution in [-0.2, 0) is 4.74 Å². The molecule has 1 amide bonds. The predicted octanol–water partition coefficient (Wildman–Crippen LogP) is 3.36. The molecule has 2 aromatic carbocycles. The second kappa shape index (κ2) is 7.22. The number of carbonyl (C=O) groups excluding carboxylic acids is 1. The van der Waals surface area contributed by atoms with Crippen molar-refractivity contribution < 1.29 is 14.6 Å². The maximum Gasteiger partial charge on any atom is 0.410 e. The number of benzene rings is 2. The minimum absolute atomic E-state index is 0.0410. The van der Waals surface area contributed by atoms with E-state index < -0.39 is 6.10 Å². The lowest BCUT2D eigenvalue weighted by atomic mass is 9.85. The number of aliphatic hydroxyl groups excluding tert-OH is 1. The minimum atomic E-state index is -0.699. The van der Waals surface area contributed by atoms with Gasteiger partial charge in [0.15, 0.2) is 0 Å². The molecule has 146 valence electrons. The Morgan fingerprint density at radius 2 is 1.61 bits per heavy atom. The van der Waals surface area contributed by atoms with Crippen molar-refractivity contribution in [1.82, 2.24) is 9.80 Å². The standard InChI is InChI=1S/C23H26N2O3/c26-20-14-25(23(27)28-21-15-24-12-10-16(21)11-13-24)22(17-6-2-1-3-7-17)19-9-5-4-8-18(19)20/h1-9,16,20-22,26H,10-15H2/t20-,21-,22-/m0/s1. The average Bonchev–Trinajstić information content (AvgIpc) is 2.75. The van der Waals surface area contributed by atoms with E-state index in [1.165, 1.54) is 0 Å². The molecular weight excluding hydrogens is 352 g/mol. The second-order valence-electron chi connectivity index (χ2n) is 8.17. The quantitative estimate of drug-likeness (QED) is 0.871. The number of ether oxygens (including phenoxy) is 1. The molecule has 6 rings (SSSR count). The SMILES string of the molecule is O=C(O[C@H]1CN2CCC1CC2)N1C[C@H](O)c2ccccc2[C@@H]1c1ccccc1. The molecule has 2 bridgehead atoms. The van der Waals surface area contributed by atoms with Gasteiger partial charge in [-0.3, -0.25) is 9.80 Å². The molecule has 3 saturated heterocycles. The van der Waals surface area contributed by atoms with E-state index in [4.69, 9.17) is 4.74 Å². The first-order valence-electron chi connectivity index (χ1n) is 10.2. The normalized spacial score (nSPS) is 31.3. The molecule has 0 aliphatic carbocycles. The van der Waals surface area contributed by atoms with Gasteiger partial charge in [0.05, 0.1) is 18.7 Å². The number of fused-ring (bicyclic) bond motifs is 4. The number of aliphatic hydroxyl groups is 1. The Labute approximate surface area is 165 Å². The lowest BCUT2D eigenvalue weighted by Gasteiger charge is -2.45. The van der Waals surface area contributed by atoms with Crippen molar-refractivity contribution in [2.24, 2.45) is 5.92 Å². The van der Waals surface area contributed by atoms with Crippen molar-refractivity contribution in [1.29, 1.82) is 0 Å². The van der Waals surface area contributed by atoms with Crippen molar-refractivity contribution in [2.75, 3.05) is 26.2 Å². The second-order valence-corrected chi connectivity index (χ2v) is 8.17. The monoisotopic (exact) mass is 378 g/mol. The van der Waals surface area contributed by atoms with Gasteiger partial charge in [-0.05, 0) is 48.5 Å². The van der Waals surface area contributed by atoms with Gasteiger partial charge in [0, 0.05) is 6.54 Å². The number of piperidine rings is 3. The third kappa shape index (κ3) is 3.09. The van der Waals surface area contributed by atoms with Gasteiger partial charge < -0.3 is 9.84 Å². The van der Waals surface area contributed by atoms with Crippen LogP contribution in [-0.4, -0.2) is 53.3 Å². The molecular formula is C23H26N2O3. The topological polar surface area (TPSA) is 53.0 Å². The summed E-state index contributed by atoms with van der Waals surface area (Å²) in [5, 5.41) is 10.7. The van der Waals surface area contributed by atoms with Crippen LogP contribution in [0.25, 0.3) is 0 Å². The van der Waals surface area contributed by atoms with Crippen LogP contribution in [0.2, 0.25) is 0 Å². The van der Waals surface area contributed by atoms with E-state index in [2.05, 4.69) is 4.90 Å². The van der Waals surface area contributed by atoms with Gasteiger partial charge in [-0.1, -0.05) is 54.6 Å². The summed E-state index contributed by atoms with van der Waals surface area (Å²) in [6.45, 7) is 3.30. The first-order valence-corrected chi connectivity index (χ1v) is 10.2. The Kier molecular flexibility index (Phi) is 4.57. The van der Waals surface area contributed by atoms with Gasteiger partial charge in [-0.2, -0.15) is 0 Å². The Morgan fingerprint density at radius 1 is 0.929 bits per heavy atom. The van der Waals surface area contributed by atoms with Crippen molar-refractivity contribution >= 4 is 6.09 Å². The summed E-state index contributed by atoms with van der Waals surface area (Å²) in [5.74, 6) is 0.464. The largest absolute Gasteiger partial charge is 0.444 e. The van der Waals surface area contributed by atoms with E-state index in [0.29, 0.717) is 5.92 Å².